The van der Waals surface area contributed by atoms with E-state index in [9.17, 15) is 5.11 Å². The summed E-state index contributed by atoms with van der Waals surface area (Å²) in [5.41, 5.74) is 3.72. The molecule has 20 heavy (non-hydrogen) atoms. The van der Waals surface area contributed by atoms with E-state index in [4.69, 9.17) is 4.74 Å². The first-order valence-corrected chi connectivity index (χ1v) is 7.70. The molecule has 0 saturated carbocycles. The van der Waals surface area contributed by atoms with E-state index in [1.807, 2.05) is 24.3 Å². The Kier molecular flexibility index (Phi) is 3.81. The number of aliphatic hydroxyl groups excluding tert-OH is 1. The van der Waals surface area contributed by atoms with E-state index >= 15 is 0 Å². The first kappa shape index (κ1) is 13.7. The first-order valence-electron chi connectivity index (χ1n) is 6.90. The van der Waals surface area contributed by atoms with Gasteiger partial charge in [-0.2, -0.15) is 0 Å². The highest BCUT2D eigenvalue weighted by molar-refractivity contribution is 9.10. The molecule has 0 heterocycles. The van der Waals surface area contributed by atoms with E-state index in [1.54, 1.807) is 6.92 Å². The van der Waals surface area contributed by atoms with Crippen molar-refractivity contribution in [2.24, 2.45) is 0 Å². The average Bonchev–Trinajstić information content (AvgIpc) is 2.88. The zero-order valence-electron chi connectivity index (χ0n) is 11.4. The maximum Gasteiger partial charge on any atom is 0.141 e. The van der Waals surface area contributed by atoms with Crippen LogP contribution >= 0.6 is 15.9 Å². The standard InChI is InChI=1S/C17H17BrO2/c1-11(19)13-6-8-17(16(18)10-13)20-15-7-5-12-3-2-4-14(12)9-15/h5-11,19H,2-4H2,1H3. The van der Waals surface area contributed by atoms with E-state index < -0.39 is 6.10 Å². The highest BCUT2D eigenvalue weighted by Crippen LogP contribution is 2.34. The maximum atomic E-state index is 9.57. The van der Waals surface area contributed by atoms with E-state index in [2.05, 4.69) is 28.1 Å². The monoisotopic (exact) mass is 332 g/mol. The largest absolute Gasteiger partial charge is 0.456 e. The topological polar surface area (TPSA) is 29.5 Å². The van der Waals surface area contributed by atoms with Gasteiger partial charge in [-0.25, -0.2) is 0 Å². The molecule has 1 unspecified atom stereocenters. The Bertz CT molecular complexity index is 635. The number of halogens is 1. The molecule has 1 aliphatic carbocycles. The molecule has 2 aromatic rings. The van der Waals surface area contributed by atoms with Gasteiger partial charge in [0.1, 0.15) is 11.5 Å². The Morgan fingerprint density at radius 1 is 1.10 bits per heavy atom. The van der Waals surface area contributed by atoms with Crippen molar-refractivity contribution in [3.8, 4) is 11.5 Å². The van der Waals surface area contributed by atoms with E-state index in [0.29, 0.717) is 0 Å². The molecule has 0 spiro atoms. The van der Waals surface area contributed by atoms with Crippen LogP contribution in [0.3, 0.4) is 0 Å². The van der Waals surface area contributed by atoms with Gasteiger partial charge < -0.3 is 9.84 Å². The Morgan fingerprint density at radius 2 is 1.90 bits per heavy atom. The summed E-state index contributed by atoms with van der Waals surface area (Å²) in [5, 5.41) is 9.57. The first-order chi connectivity index (χ1) is 9.63. The maximum absolute atomic E-state index is 9.57. The fourth-order valence-corrected chi connectivity index (χ4v) is 3.08. The molecule has 1 aliphatic rings. The molecule has 0 bridgehead atoms. The molecule has 0 fully saturated rings. The van der Waals surface area contributed by atoms with E-state index in [1.165, 1.54) is 24.0 Å². The number of aryl methyl sites for hydroxylation is 2. The van der Waals surface area contributed by atoms with Gasteiger partial charge in [-0.05, 0) is 83.1 Å². The van der Waals surface area contributed by atoms with Crippen LogP contribution in [-0.4, -0.2) is 5.11 Å². The second-order valence-corrected chi connectivity index (χ2v) is 6.11. The van der Waals surface area contributed by atoms with E-state index in [-0.39, 0.29) is 0 Å². The number of rotatable bonds is 3. The summed E-state index contributed by atoms with van der Waals surface area (Å²) in [4.78, 5) is 0. The normalized spacial score (nSPS) is 14.9. The average molecular weight is 333 g/mol. The number of ether oxygens (including phenoxy) is 1. The van der Waals surface area contributed by atoms with Crippen LogP contribution < -0.4 is 4.74 Å². The minimum atomic E-state index is -0.472. The zero-order valence-corrected chi connectivity index (χ0v) is 13.0. The molecule has 3 rings (SSSR count). The zero-order chi connectivity index (χ0) is 14.1. The molecule has 2 nitrogen and oxygen atoms in total. The highest BCUT2D eigenvalue weighted by atomic mass is 79.9. The Labute approximate surface area is 127 Å². The highest BCUT2D eigenvalue weighted by Gasteiger charge is 2.12. The summed E-state index contributed by atoms with van der Waals surface area (Å²) in [7, 11) is 0. The Morgan fingerprint density at radius 3 is 2.65 bits per heavy atom. The second-order valence-electron chi connectivity index (χ2n) is 5.25. The predicted octanol–water partition coefficient (Wildman–Crippen LogP) is 4.78. The number of aliphatic hydroxyl groups is 1. The van der Waals surface area contributed by atoms with Gasteiger partial charge in [0.05, 0.1) is 10.6 Å². The molecule has 1 N–H and O–H groups in total. The minimum Gasteiger partial charge on any atom is -0.456 e. The summed E-state index contributed by atoms with van der Waals surface area (Å²) in [6.07, 6.45) is 3.10. The summed E-state index contributed by atoms with van der Waals surface area (Å²) in [6.45, 7) is 1.75. The van der Waals surface area contributed by atoms with Gasteiger partial charge in [-0.3, -0.25) is 0 Å². The van der Waals surface area contributed by atoms with Crippen molar-refractivity contribution in [2.75, 3.05) is 0 Å². The SMILES string of the molecule is CC(O)c1ccc(Oc2ccc3c(c2)CCC3)c(Br)c1. The van der Waals surface area contributed by atoms with Gasteiger partial charge in [-0.15, -0.1) is 0 Å². The molecule has 1 atom stereocenters. The number of hydrogen-bond acceptors (Lipinski definition) is 2. The van der Waals surface area contributed by atoms with Crippen molar-refractivity contribution < 1.29 is 9.84 Å². The molecule has 3 heteroatoms. The van der Waals surface area contributed by atoms with Gasteiger partial charge in [-0.1, -0.05) is 12.1 Å². The Balaban J connectivity index is 1.84. The van der Waals surface area contributed by atoms with Gasteiger partial charge in [0.2, 0.25) is 0 Å². The van der Waals surface area contributed by atoms with Gasteiger partial charge >= 0.3 is 0 Å². The van der Waals surface area contributed by atoms with Crippen molar-refractivity contribution in [1.82, 2.24) is 0 Å². The van der Waals surface area contributed by atoms with Crippen LogP contribution in [-0.2, 0) is 12.8 Å². The lowest BCUT2D eigenvalue weighted by atomic mass is 10.1. The third-order valence-corrected chi connectivity index (χ3v) is 4.36. The molecular weight excluding hydrogens is 316 g/mol. The molecule has 0 aliphatic heterocycles. The number of hydrogen-bond donors (Lipinski definition) is 1. The predicted molar refractivity (Wildman–Crippen MR) is 83.3 cm³/mol. The van der Waals surface area contributed by atoms with Crippen LogP contribution in [0.25, 0.3) is 0 Å². The number of benzene rings is 2. The smallest absolute Gasteiger partial charge is 0.141 e. The molecule has 0 amide bonds. The van der Waals surface area contributed by atoms with Crippen LogP contribution in [0.5, 0.6) is 11.5 Å². The van der Waals surface area contributed by atoms with Crippen molar-refractivity contribution in [1.29, 1.82) is 0 Å². The fourth-order valence-electron chi connectivity index (χ4n) is 2.60. The van der Waals surface area contributed by atoms with Gasteiger partial charge in [0.15, 0.2) is 0 Å². The molecule has 0 saturated heterocycles. The van der Waals surface area contributed by atoms with Gasteiger partial charge in [0, 0.05) is 0 Å². The van der Waals surface area contributed by atoms with Crippen molar-refractivity contribution in [3.05, 3.63) is 57.6 Å². The Hall–Kier alpha value is -1.32. The third-order valence-electron chi connectivity index (χ3n) is 3.74. The molecule has 0 radical (unpaired) electrons. The summed E-state index contributed by atoms with van der Waals surface area (Å²) < 4.78 is 6.80. The van der Waals surface area contributed by atoms with Crippen LogP contribution in [0.15, 0.2) is 40.9 Å². The molecule has 0 aromatic heterocycles. The van der Waals surface area contributed by atoms with Crippen molar-refractivity contribution in [2.45, 2.75) is 32.3 Å². The molecule has 104 valence electrons. The van der Waals surface area contributed by atoms with Crippen molar-refractivity contribution in [3.63, 3.8) is 0 Å². The lowest BCUT2D eigenvalue weighted by Crippen LogP contribution is -1.93. The minimum absolute atomic E-state index is 0.472. The summed E-state index contributed by atoms with van der Waals surface area (Å²) in [6, 6.07) is 12.0. The van der Waals surface area contributed by atoms with Crippen LogP contribution in [0.4, 0.5) is 0 Å². The molecule has 2 aromatic carbocycles. The molecular formula is C17H17BrO2. The lowest BCUT2D eigenvalue weighted by molar-refractivity contribution is 0.199. The quantitative estimate of drug-likeness (QED) is 0.876. The number of fused-ring (bicyclic) bond motifs is 1. The lowest BCUT2D eigenvalue weighted by Gasteiger charge is -2.11. The van der Waals surface area contributed by atoms with Crippen LogP contribution in [0, 0.1) is 0 Å². The third kappa shape index (κ3) is 2.74. The summed E-state index contributed by atoms with van der Waals surface area (Å²) in [5.74, 6) is 1.64. The second kappa shape index (κ2) is 5.58. The van der Waals surface area contributed by atoms with Crippen molar-refractivity contribution >= 4 is 15.9 Å². The van der Waals surface area contributed by atoms with Crippen LogP contribution in [0.1, 0.15) is 36.1 Å². The van der Waals surface area contributed by atoms with Gasteiger partial charge in [0.25, 0.3) is 0 Å². The van der Waals surface area contributed by atoms with E-state index in [0.717, 1.165) is 28.0 Å². The fraction of sp³-hybridized carbons (Fsp3) is 0.294. The van der Waals surface area contributed by atoms with Crippen LogP contribution in [0.2, 0.25) is 0 Å². The summed E-state index contributed by atoms with van der Waals surface area (Å²) >= 11 is 3.50.